The van der Waals surface area contributed by atoms with Crippen LogP contribution in [-0.4, -0.2) is 5.78 Å². The van der Waals surface area contributed by atoms with Gasteiger partial charge in [-0.05, 0) is 74.2 Å². The number of Topliss-reactive ketones (excluding diaryl/α,β-unsaturated/α-hetero) is 1. The molecule has 0 amide bonds. The van der Waals surface area contributed by atoms with Crippen LogP contribution >= 0.6 is 0 Å². The molecule has 5 rings (SSSR count). The summed E-state index contributed by atoms with van der Waals surface area (Å²) in [7, 11) is 0. The van der Waals surface area contributed by atoms with Crippen molar-refractivity contribution >= 4 is 5.78 Å². The minimum absolute atomic E-state index is 0.399. The number of ketones is 1. The Kier molecular flexibility index (Phi) is 3.20. The third kappa shape index (κ3) is 2.67. The number of hydrogen-bond donors (Lipinski definition) is 0. The summed E-state index contributed by atoms with van der Waals surface area (Å²) in [5.74, 6) is 3.32. The molecule has 0 unspecified atom stereocenters. The smallest absolute Gasteiger partial charge is 0.137 e. The molecule has 4 bridgehead atoms. The predicted molar refractivity (Wildman–Crippen MR) is 85.1 cm³/mol. The Bertz CT molecular complexity index is 504. The monoisotopic (exact) mass is 282 g/mol. The van der Waals surface area contributed by atoms with Gasteiger partial charge in [0.2, 0.25) is 0 Å². The van der Waals surface area contributed by atoms with Crippen molar-refractivity contribution in [1.29, 1.82) is 0 Å². The van der Waals surface area contributed by atoms with Gasteiger partial charge < -0.3 is 0 Å². The lowest BCUT2D eigenvalue weighted by molar-refractivity contribution is -0.126. The van der Waals surface area contributed by atoms with E-state index in [1.807, 2.05) is 0 Å². The Labute approximate surface area is 128 Å². The van der Waals surface area contributed by atoms with Crippen LogP contribution in [0.1, 0.15) is 56.1 Å². The van der Waals surface area contributed by atoms with Crippen molar-refractivity contribution in [3.63, 3.8) is 0 Å². The van der Waals surface area contributed by atoms with E-state index >= 15 is 0 Å². The lowest BCUT2D eigenvalue weighted by atomic mass is 9.48. The first-order chi connectivity index (χ1) is 10.1. The molecule has 0 spiro atoms. The topological polar surface area (TPSA) is 17.1 Å². The van der Waals surface area contributed by atoms with Crippen LogP contribution in [0.3, 0.4) is 0 Å². The summed E-state index contributed by atoms with van der Waals surface area (Å²) in [6.45, 7) is 2.10. The van der Waals surface area contributed by atoms with Crippen molar-refractivity contribution in [2.45, 2.75) is 58.3 Å². The summed E-state index contributed by atoms with van der Waals surface area (Å²) in [5.41, 5.74) is 2.86. The summed E-state index contributed by atoms with van der Waals surface area (Å²) in [5, 5.41) is 0. The van der Waals surface area contributed by atoms with E-state index < -0.39 is 0 Å². The van der Waals surface area contributed by atoms with Crippen molar-refractivity contribution in [3.8, 4) is 0 Å². The Morgan fingerprint density at radius 2 is 1.52 bits per heavy atom. The molecule has 4 aliphatic carbocycles. The fourth-order valence-corrected chi connectivity index (χ4v) is 5.92. The zero-order chi connectivity index (χ0) is 14.4. The molecule has 112 valence electrons. The average molecular weight is 282 g/mol. The van der Waals surface area contributed by atoms with Gasteiger partial charge in [-0.3, -0.25) is 4.79 Å². The summed E-state index contributed by atoms with van der Waals surface area (Å²) in [6, 6.07) is 8.47. The van der Waals surface area contributed by atoms with Gasteiger partial charge >= 0.3 is 0 Å². The highest BCUT2D eigenvalue weighted by Crippen LogP contribution is 2.61. The molecule has 1 aromatic carbocycles. The summed E-state index contributed by atoms with van der Waals surface area (Å²) in [6.07, 6.45) is 9.92. The van der Waals surface area contributed by atoms with Crippen LogP contribution in [0.2, 0.25) is 0 Å². The second kappa shape index (κ2) is 4.97. The van der Waals surface area contributed by atoms with Gasteiger partial charge in [0.15, 0.2) is 0 Å². The largest absolute Gasteiger partial charge is 0.299 e. The van der Waals surface area contributed by atoms with Crippen LogP contribution in [0.5, 0.6) is 0 Å². The highest BCUT2D eigenvalue weighted by atomic mass is 16.1. The van der Waals surface area contributed by atoms with Gasteiger partial charge in [-0.25, -0.2) is 0 Å². The molecule has 4 fully saturated rings. The van der Waals surface area contributed by atoms with E-state index in [1.54, 1.807) is 0 Å². The maximum Gasteiger partial charge on any atom is 0.137 e. The molecule has 1 heteroatoms. The molecule has 4 aliphatic rings. The molecule has 0 atom stereocenters. The Morgan fingerprint density at radius 1 is 1.00 bits per heavy atom. The second-order valence-electron chi connectivity index (χ2n) is 8.30. The first-order valence-corrected chi connectivity index (χ1v) is 8.67. The van der Waals surface area contributed by atoms with Crippen molar-refractivity contribution in [3.05, 3.63) is 35.4 Å². The number of aryl methyl sites for hydroxylation is 1. The van der Waals surface area contributed by atoms with E-state index in [-0.39, 0.29) is 0 Å². The number of carbonyl (C=O) groups excluding carboxylic acids is 1. The lowest BCUT2D eigenvalue weighted by Gasteiger charge is -2.56. The van der Waals surface area contributed by atoms with Crippen LogP contribution in [0, 0.1) is 30.1 Å². The van der Waals surface area contributed by atoms with Gasteiger partial charge in [0.05, 0.1) is 0 Å². The van der Waals surface area contributed by atoms with Crippen LogP contribution < -0.4 is 0 Å². The molecule has 0 saturated heterocycles. The van der Waals surface area contributed by atoms with Crippen LogP contribution in [0.4, 0.5) is 0 Å². The maximum absolute atomic E-state index is 12.6. The van der Waals surface area contributed by atoms with Gasteiger partial charge in [-0.2, -0.15) is 0 Å². The predicted octanol–water partition coefficient (Wildman–Crippen LogP) is 4.71. The highest BCUT2D eigenvalue weighted by molar-refractivity contribution is 5.81. The third-order valence-corrected chi connectivity index (χ3v) is 6.26. The first-order valence-electron chi connectivity index (χ1n) is 8.67. The number of hydrogen-bond acceptors (Lipinski definition) is 1. The second-order valence-corrected chi connectivity index (χ2v) is 8.30. The minimum Gasteiger partial charge on any atom is -0.299 e. The average Bonchev–Trinajstić information content (AvgIpc) is 2.39. The molecular weight excluding hydrogens is 256 g/mol. The molecule has 21 heavy (non-hydrogen) atoms. The Balaban J connectivity index is 1.43. The molecular formula is C20H26O. The van der Waals surface area contributed by atoms with E-state index in [9.17, 15) is 4.79 Å². The van der Waals surface area contributed by atoms with Crippen molar-refractivity contribution in [2.24, 2.45) is 23.2 Å². The van der Waals surface area contributed by atoms with Crippen LogP contribution in [0.25, 0.3) is 0 Å². The van der Waals surface area contributed by atoms with E-state index in [4.69, 9.17) is 0 Å². The molecule has 0 heterocycles. The van der Waals surface area contributed by atoms with E-state index in [0.717, 1.165) is 24.2 Å². The van der Waals surface area contributed by atoms with E-state index in [0.29, 0.717) is 17.6 Å². The first kappa shape index (κ1) is 13.5. The summed E-state index contributed by atoms with van der Waals surface area (Å²) < 4.78 is 0. The van der Waals surface area contributed by atoms with Gasteiger partial charge in [-0.15, -0.1) is 0 Å². The van der Waals surface area contributed by atoms with Gasteiger partial charge in [-0.1, -0.05) is 29.8 Å². The molecule has 0 aromatic heterocycles. The fourth-order valence-electron chi connectivity index (χ4n) is 5.92. The summed E-state index contributed by atoms with van der Waals surface area (Å²) in [4.78, 5) is 12.6. The Hall–Kier alpha value is -1.11. The molecule has 0 radical (unpaired) electrons. The van der Waals surface area contributed by atoms with Crippen molar-refractivity contribution in [2.75, 3.05) is 0 Å². The van der Waals surface area contributed by atoms with Crippen LogP contribution in [0.15, 0.2) is 24.3 Å². The lowest BCUT2D eigenvalue weighted by Crippen LogP contribution is -2.47. The van der Waals surface area contributed by atoms with E-state index in [1.165, 1.54) is 49.7 Å². The number of benzene rings is 1. The molecule has 1 nitrogen and oxygen atoms in total. The number of rotatable bonds is 4. The Morgan fingerprint density at radius 3 is 2.05 bits per heavy atom. The number of carbonyl (C=O) groups is 1. The van der Waals surface area contributed by atoms with Gasteiger partial charge in [0.25, 0.3) is 0 Å². The zero-order valence-electron chi connectivity index (χ0n) is 13.1. The van der Waals surface area contributed by atoms with Crippen LogP contribution in [-0.2, 0) is 11.2 Å². The van der Waals surface area contributed by atoms with Gasteiger partial charge in [0, 0.05) is 12.8 Å². The third-order valence-electron chi connectivity index (χ3n) is 6.26. The minimum atomic E-state index is 0.399. The maximum atomic E-state index is 12.6. The van der Waals surface area contributed by atoms with E-state index in [2.05, 4.69) is 31.2 Å². The molecule has 0 aliphatic heterocycles. The normalized spacial score (nSPS) is 36.9. The highest BCUT2D eigenvalue weighted by Gasteiger charge is 2.51. The molecule has 4 saturated carbocycles. The fraction of sp³-hybridized carbons (Fsp3) is 0.650. The molecule has 1 aromatic rings. The van der Waals surface area contributed by atoms with Crippen molar-refractivity contribution in [1.82, 2.24) is 0 Å². The quantitative estimate of drug-likeness (QED) is 0.781. The SMILES string of the molecule is Cc1ccc(CC(=O)CC23CC4CC(CC(C4)C2)C3)cc1. The van der Waals surface area contributed by atoms with Gasteiger partial charge in [0.1, 0.15) is 5.78 Å². The zero-order valence-corrected chi connectivity index (χ0v) is 13.1. The molecule has 0 N–H and O–H groups in total. The summed E-state index contributed by atoms with van der Waals surface area (Å²) >= 11 is 0. The standard InChI is InChI=1S/C20H26O/c1-14-2-4-15(5-3-14)9-19(21)13-20-10-16-6-17(11-20)8-18(7-16)12-20/h2-5,16-18H,6-13H2,1H3. The van der Waals surface area contributed by atoms with Crippen molar-refractivity contribution < 1.29 is 4.79 Å².